The monoisotopic (exact) mass is 305 g/mol. The van der Waals surface area contributed by atoms with Crippen molar-refractivity contribution in [2.75, 3.05) is 0 Å². The normalized spacial score (nSPS) is 12.1. The quantitative estimate of drug-likeness (QED) is 0.948. The molecule has 92 valence electrons. The number of rotatable bonds is 3. The Morgan fingerprint density at radius 3 is 2.61 bits per heavy atom. The number of hydrogen-bond acceptors (Lipinski definition) is 3. The molecule has 2 aromatic rings. The van der Waals surface area contributed by atoms with Crippen LogP contribution in [0.25, 0.3) is 0 Å². The molecule has 2 rings (SSSR count). The van der Waals surface area contributed by atoms with Crippen molar-refractivity contribution in [2.24, 2.45) is 0 Å². The minimum Gasteiger partial charge on any atom is -0.386 e. The number of aryl methyl sites for hydroxylation is 1. The lowest BCUT2D eigenvalue weighted by Gasteiger charge is -2.10. The Kier molecular flexibility index (Phi) is 3.80. The van der Waals surface area contributed by atoms with Crippen LogP contribution in [0.15, 0.2) is 34.9 Å². The minimum atomic E-state index is -0.635. The van der Waals surface area contributed by atoms with Crippen molar-refractivity contribution in [3.63, 3.8) is 0 Å². The predicted octanol–water partition coefficient (Wildman–Crippen LogP) is 2.56. The summed E-state index contributed by atoms with van der Waals surface area (Å²) in [6.45, 7) is 2.28. The van der Waals surface area contributed by atoms with Crippen LogP contribution >= 0.6 is 15.9 Å². The Hall–Kier alpha value is -1.64. The van der Waals surface area contributed by atoms with Gasteiger partial charge in [-0.15, -0.1) is 0 Å². The number of aliphatic hydroxyl groups is 1. The maximum Gasteiger partial charge on any atom is 0.0991 e. The van der Waals surface area contributed by atoms with Crippen molar-refractivity contribution >= 4 is 15.9 Å². The van der Waals surface area contributed by atoms with E-state index in [1.165, 1.54) is 0 Å². The smallest absolute Gasteiger partial charge is 0.0991 e. The minimum absolute atomic E-state index is 0.387. The molecular formula is C13H12BrN3O. The molecule has 1 aromatic heterocycles. The first kappa shape index (κ1) is 12.8. The van der Waals surface area contributed by atoms with Gasteiger partial charge in [-0.05, 0) is 40.5 Å². The second-order valence-corrected chi connectivity index (χ2v) is 4.89. The summed E-state index contributed by atoms with van der Waals surface area (Å²) >= 11 is 3.38. The van der Waals surface area contributed by atoms with Gasteiger partial charge in [-0.1, -0.05) is 12.1 Å². The molecule has 0 aliphatic heterocycles. The summed E-state index contributed by atoms with van der Waals surface area (Å²) in [6, 6.07) is 8.96. The van der Waals surface area contributed by atoms with Gasteiger partial charge in [0.05, 0.1) is 34.4 Å². The van der Waals surface area contributed by atoms with Crippen molar-refractivity contribution < 1.29 is 5.11 Å². The van der Waals surface area contributed by atoms with Crippen LogP contribution in [0.2, 0.25) is 0 Å². The maximum absolute atomic E-state index is 10.1. The van der Waals surface area contributed by atoms with E-state index in [1.54, 1.807) is 28.9 Å². The van der Waals surface area contributed by atoms with Gasteiger partial charge >= 0.3 is 0 Å². The van der Waals surface area contributed by atoms with Crippen LogP contribution in [-0.4, -0.2) is 14.9 Å². The third-order valence-electron chi connectivity index (χ3n) is 2.67. The van der Waals surface area contributed by atoms with Crippen LogP contribution in [0.5, 0.6) is 0 Å². The zero-order valence-electron chi connectivity index (χ0n) is 9.84. The fraction of sp³-hybridized carbons (Fsp3) is 0.231. The number of hydrogen-bond donors (Lipinski definition) is 1. The lowest BCUT2D eigenvalue weighted by molar-refractivity contribution is 0.151. The molecule has 4 nitrogen and oxygen atoms in total. The summed E-state index contributed by atoms with van der Waals surface area (Å²) in [6.07, 6.45) is 1.20. The van der Waals surface area contributed by atoms with E-state index in [4.69, 9.17) is 5.26 Å². The van der Waals surface area contributed by atoms with Crippen molar-refractivity contribution in [2.45, 2.75) is 19.6 Å². The molecule has 0 radical (unpaired) electrons. The van der Waals surface area contributed by atoms with E-state index >= 15 is 0 Å². The molecule has 5 heteroatoms. The number of aliphatic hydroxyl groups excluding tert-OH is 1. The van der Waals surface area contributed by atoms with Gasteiger partial charge in [0, 0.05) is 6.20 Å². The van der Waals surface area contributed by atoms with Gasteiger partial charge in [-0.2, -0.15) is 10.4 Å². The molecule has 0 aliphatic rings. The van der Waals surface area contributed by atoms with Crippen LogP contribution < -0.4 is 0 Å². The van der Waals surface area contributed by atoms with E-state index in [1.807, 2.05) is 19.2 Å². The van der Waals surface area contributed by atoms with E-state index in [0.29, 0.717) is 12.1 Å². The summed E-state index contributed by atoms with van der Waals surface area (Å²) in [7, 11) is 0. The molecule has 18 heavy (non-hydrogen) atoms. The highest BCUT2D eigenvalue weighted by Gasteiger charge is 2.10. The fourth-order valence-corrected chi connectivity index (χ4v) is 1.97. The van der Waals surface area contributed by atoms with Gasteiger partial charge in [0.25, 0.3) is 0 Å². The average Bonchev–Trinajstić information content (AvgIpc) is 2.68. The number of nitrogens with zero attached hydrogens (tertiary/aromatic N) is 3. The van der Waals surface area contributed by atoms with Crippen LogP contribution in [-0.2, 0) is 6.54 Å². The SMILES string of the molecule is Cc1nn(C[C@H](O)c2ccc(C#N)cc2)cc1Br. The zero-order valence-corrected chi connectivity index (χ0v) is 11.4. The molecule has 0 spiro atoms. The van der Waals surface area contributed by atoms with Crippen LogP contribution in [0.3, 0.4) is 0 Å². The van der Waals surface area contributed by atoms with Gasteiger partial charge in [-0.3, -0.25) is 4.68 Å². The van der Waals surface area contributed by atoms with E-state index in [2.05, 4.69) is 21.0 Å². The number of benzene rings is 1. The molecule has 0 unspecified atom stereocenters. The van der Waals surface area contributed by atoms with Gasteiger partial charge < -0.3 is 5.11 Å². The molecule has 0 amide bonds. The summed E-state index contributed by atoms with van der Waals surface area (Å²) in [4.78, 5) is 0. The third-order valence-corrected chi connectivity index (χ3v) is 3.45. The first-order chi connectivity index (χ1) is 8.60. The second kappa shape index (κ2) is 5.34. The van der Waals surface area contributed by atoms with Crippen LogP contribution in [0.4, 0.5) is 0 Å². The topological polar surface area (TPSA) is 61.8 Å². The number of halogens is 1. The number of aromatic nitrogens is 2. The first-order valence-electron chi connectivity index (χ1n) is 5.48. The first-order valence-corrected chi connectivity index (χ1v) is 6.27. The molecule has 1 heterocycles. The van der Waals surface area contributed by atoms with Gasteiger partial charge in [0.1, 0.15) is 0 Å². The molecule has 0 aliphatic carbocycles. The number of nitriles is 1. The largest absolute Gasteiger partial charge is 0.386 e. The maximum atomic E-state index is 10.1. The van der Waals surface area contributed by atoms with Gasteiger partial charge in [0.15, 0.2) is 0 Å². The van der Waals surface area contributed by atoms with Gasteiger partial charge in [-0.25, -0.2) is 0 Å². The summed E-state index contributed by atoms with van der Waals surface area (Å²) in [5.74, 6) is 0. The zero-order chi connectivity index (χ0) is 13.1. The lowest BCUT2D eigenvalue weighted by Crippen LogP contribution is -2.09. The van der Waals surface area contributed by atoms with Crippen LogP contribution in [0, 0.1) is 18.3 Å². The molecule has 0 saturated carbocycles. The highest BCUT2D eigenvalue weighted by Crippen LogP contribution is 2.18. The molecule has 0 saturated heterocycles. The average molecular weight is 306 g/mol. The Balaban J connectivity index is 2.11. The van der Waals surface area contributed by atoms with Crippen molar-refractivity contribution in [1.29, 1.82) is 5.26 Å². The van der Waals surface area contributed by atoms with E-state index in [-0.39, 0.29) is 0 Å². The summed E-state index contributed by atoms with van der Waals surface area (Å²) < 4.78 is 2.62. The molecule has 0 fully saturated rings. The highest BCUT2D eigenvalue weighted by atomic mass is 79.9. The standard InChI is InChI=1S/C13H12BrN3O/c1-9-12(14)7-17(16-9)8-13(18)11-4-2-10(6-15)3-5-11/h2-5,7,13,18H,8H2,1H3/t13-/m0/s1. The molecule has 1 aromatic carbocycles. The fourth-order valence-electron chi connectivity index (χ4n) is 1.65. The third kappa shape index (κ3) is 2.78. The molecule has 1 atom stereocenters. The van der Waals surface area contributed by atoms with Gasteiger partial charge in [0.2, 0.25) is 0 Å². The van der Waals surface area contributed by atoms with E-state index < -0.39 is 6.10 Å². The van der Waals surface area contributed by atoms with Crippen molar-refractivity contribution in [3.8, 4) is 6.07 Å². The van der Waals surface area contributed by atoms with Crippen molar-refractivity contribution in [1.82, 2.24) is 9.78 Å². The predicted molar refractivity (Wildman–Crippen MR) is 70.8 cm³/mol. The van der Waals surface area contributed by atoms with Crippen molar-refractivity contribution in [3.05, 3.63) is 51.8 Å². The molecular weight excluding hydrogens is 294 g/mol. The Morgan fingerprint density at radius 2 is 2.11 bits per heavy atom. The summed E-state index contributed by atoms with van der Waals surface area (Å²) in [5, 5.41) is 23.0. The summed E-state index contributed by atoms with van der Waals surface area (Å²) in [5.41, 5.74) is 2.25. The molecule has 1 N–H and O–H groups in total. The Bertz CT molecular complexity index is 564. The molecule has 0 bridgehead atoms. The Labute approximate surface area is 114 Å². The van der Waals surface area contributed by atoms with E-state index in [9.17, 15) is 5.11 Å². The van der Waals surface area contributed by atoms with E-state index in [0.717, 1.165) is 15.7 Å². The Morgan fingerprint density at radius 1 is 1.44 bits per heavy atom. The second-order valence-electron chi connectivity index (χ2n) is 4.03. The lowest BCUT2D eigenvalue weighted by atomic mass is 10.1. The van der Waals surface area contributed by atoms with Crippen LogP contribution in [0.1, 0.15) is 22.9 Å². The highest BCUT2D eigenvalue weighted by molar-refractivity contribution is 9.10.